The Morgan fingerprint density at radius 3 is 2.71 bits per heavy atom. The number of methoxy groups -OCH3 is 1. The summed E-state index contributed by atoms with van der Waals surface area (Å²) < 4.78 is 30.1. The van der Waals surface area contributed by atoms with Crippen molar-refractivity contribution in [3.05, 3.63) is 29.3 Å². The standard InChI is InChI=1S/C16H25NO3S/c1-4-17-16(15-7-5-6-10-21(15,18)19)13-8-9-14(20-3)12(2)11-13/h8-9,11,15-17H,4-7,10H2,1-3H3. The Bertz CT molecular complexity index is 583. The van der Waals surface area contributed by atoms with Crippen molar-refractivity contribution in [3.8, 4) is 5.75 Å². The molecule has 0 spiro atoms. The van der Waals surface area contributed by atoms with Gasteiger partial charge in [0.1, 0.15) is 5.75 Å². The maximum absolute atomic E-state index is 12.4. The van der Waals surface area contributed by atoms with Gasteiger partial charge in [0, 0.05) is 6.04 Å². The molecule has 118 valence electrons. The molecule has 2 atom stereocenters. The summed E-state index contributed by atoms with van der Waals surface area (Å²) in [5, 5.41) is 3.05. The van der Waals surface area contributed by atoms with Gasteiger partial charge in [-0.3, -0.25) is 0 Å². The van der Waals surface area contributed by atoms with E-state index in [2.05, 4.69) is 5.32 Å². The Hall–Kier alpha value is -1.07. The van der Waals surface area contributed by atoms with Gasteiger partial charge in [0.15, 0.2) is 9.84 Å². The number of rotatable bonds is 5. The molecular formula is C16H25NO3S. The zero-order valence-corrected chi connectivity index (χ0v) is 13.9. The van der Waals surface area contributed by atoms with E-state index in [9.17, 15) is 8.42 Å². The molecule has 4 nitrogen and oxygen atoms in total. The largest absolute Gasteiger partial charge is 0.496 e. The van der Waals surface area contributed by atoms with Gasteiger partial charge in [0.25, 0.3) is 0 Å². The predicted molar refractivity (Wildman–Crippen MR) is 85.6 cm³/mol. The highest BCUT2D eigenvalue weighted by atomic mass is 32.2. The molecule has 0 aliphatic carbocycles. The molecule has 1 N–H and O–H groups in total. The van der Waals surface area contributed by atoms with E-state index in [-0.39, 0.29) is 11.3 Å². The molecule has 21 heavy (non-hydrogen) atoms. The van der Waals surface area contributed by atoms with E-state index in [0.717, 1.165) is 42.7 Å². The summed E-state index contributed by atoms with van der Waals surface area (Å²) in [5.41, 5.74) is 2.07. The smallest absolute Gasteiger partial charge is 0.155 e. The van der Waals surface area contributed by atoms with Crippen LogP contribution in [0.3, 0.4) is 0 Å². The third kappa shape index (κ3) is 3.58. The Labute approximate surface area is 127 Å². The van der Waals surface area contributed by atoms with Crippen molar-refractivity contribution in [3.63, 3.8) is 0 Å². The fourth-order valence-electron chi connectivity index (χ4n) is 3.13. The molecule has 0 amide bonds. The second-order valence-electron chi connectivity index (χ2n) is 5.67. The number of benzene rings is 1. The van der Waals surface area contributed by atoms with Crippen LogP contribution in [0.1, 0.15) is 43.4 Å². The summed E-state index contributed by atoms with van der Waals surface area (Å²) in [6.07, 6.45) is 2.52. The lowest BCUT2D eigenvalue weighted by molar-refractivity contribution is 0.410. The van der Waals surface area contributed by atoms with Crippen LogP contribution >= 0.6 is 0 Å². The fraction of sp³-hybridized carbons (Fsp3) is 0.625. The number of nitrogens with one attached hydrogen (secondary N) is 1. The van der Waals surface area contributed by atoms with Crippen LogP contribution in [0.2, 0.25) is 0 Å². The van der Waals surface area contributed by atoms with Gasteiger partial charge in [-0.25, -0.2) is 8.42 Å². The summed E-state index contributed by atoms with van der Waals surface area (Å²) in [7, 11) is -1.37. The maximum Gasteiger partial charge on any atom is 0.155 e. The first-order valence-corrected chi connectivity index (χ1v) is 9.30. The molecule has 2 unspecified atom stereocenters. The highest BCUT2D eigenvalue weighted by Crippen LogP contribution is 2.32. The van der Waals surface area contributed by atoms with Crippen LogP contribution in [0.5, 0.6) is 5.75 Å². The molecule has 5 heteroatoms. The SMILES string of the molecule is CCNC(c1ccc(OC)c(C)c1)C1CCCCS1(=O)=O. The Morgan fingerprint density at radius 2 is 2.14 bits per heavy atom. The predicted octanol–water partition coefficient (Wildman–Crippen LogP) is 2.62. The Balaban J connectivity index is 2.36. The lowest BCUT2D eigenvalue weighted by Crippen LogP contribution is -2.40. The number of hydrogen-bond acceptors (Lipinski definition) is 4. The number of sulfone groups is 1. The van der Waals surface area contributed by atoms with E-state index in [4.69, 9.17) is 4.74 Å². The van der Waals surface area contributed by atoms with Crippen LogP contribution < -0.4 is 10.1 Å². The molecule has 1 aliphatic rings. The van der Waals surface area contributed by atoms with E-state index in [1.54, 1.807) is 7.11 Å². The molecule has 1 aromatic rings. The topological polar surface area (TPSA) is 55.4 Å². The quantitative estimate of drug-likeness (QED) is 0.908. The average Bonchev–Trinajstić information content (AvgIpc) is 2.45. The summed E-state index contributed by atoms with van der Waals surface area (Å²) in [5.74, 6) is 1.15. The summed E-state index contributed by atoms with van der Waals surface area (Å²) >= 11 is 0. The van der Waals surface area contributed by atoms with Gasteiger partial charge in [-0.05, 0) is 43.5 Å². The van der Waals surface area contributed by atoms with Crippen molar-refractivity contribution < 1.29 is 13.2 Å². The highest BCUT2D eigenvalue weighted by Gasteiger charge is 2.36. The number of ether oxygens (including phenoxy) is 1. The second kappa shape index (κ2) is 6.79. The third-order valence-corrected chi connectivity index (χ3v) is 6.49. The van der Waals surface area contributed by atoms with Crippen LogP contribution in [0.4, 0.5) is 0 Å². The highest BCUT2D eigenvalue weighted by molar-refractivity contribution is 7.92. The van der Waals surface area contributed by atoms with Gasteiger partial charge in [-0.15, -0.1) is 0 Å². The minimum absolute atomic E-state index is 0.134. The molecule has 1 fully saturated rings. The van der Waals surface area contributed by atoms with Gasteiger partial charge in [-0.2, -0.15) is 0 Å². The molecule has 0 bridgehead atoms. The summed E-state index contributed by atoms with van der Waals surface area (Å²) in [6.45, 7) is 4.75. The lowest BCUT2D eigenvalue weighted by atomic mass is 9.97. The van der Waals surface area contributed by atoms with Gasteiger partial charge in [0.05, 0.1) is 18.1 Å². The lowest BCUT2D eigenvalue weighted by Gasteiger charge is -2.31. The first-order valence-electron chi connectivity index (χ1n) is 7.59. The van der Waals surface area contributed by atoms with E-state index in [1.807, 2.05) is 32.0 Å². The van der Waals surface area contributed by atoms with Crippen molar-refractivity contribution in [1.82, 2.24) is 5.32 Å². The number of aryl methyl sites for hydroxylation is 1. The Kier molecular flexibility index (Phi) is 5.27. The van der Waals surface area contributed by atoms with Crippen LogP contribution in [0.15, 0.2) is 18.2 Å². The molecule has 1 saturated heterocycles. The number of hydrogen-bond donors (Lipinski definition) is 1. The van der Waals surface area contributed by atoms with Crippen molar-refractivity contribution in [2.24, 2.45) is 0 Å². The molecule has 0 aromatic heterocycles. The molecule has 1 aliphatic heterocycles. The zero-order valence-electron chi connectivity index (χ0n) is 13.1. The third-order valence-electron chi connectivity index (χ3n) is 4.20. The summed E-state index contributed by atoms with van der Waals surface area (Å²) in [4.78, 5) is 0. The average molecular weight is 311 g/mol. The molecule has 1 aromatic carbocycles. The first-order chi connectivity index (χ1) is 9.99. The van der Waals surface area contributed by atoms with Crippen molar-refractivity contribution >= 4 is 9.84 Å². The minimum atomic E-state index is -3.02. The molecular weight excluding hydrogens is 286 g/mol. The van der Waals surface area contributed by atoms with E-state index in [0.29, 0.717) is 5.75 Å². The van der Waals surface area contributed by atoms with Crippen molar-refractivity contribution in [1.29, 1.82) is 0 Å². The molecule has 0 radical (unpaired) electrons. The normalized spacial score (nSPS) is 22.7. The summed E-state index contributed by atoms with van der Waals surface area (Å²) in [6, 6.07) is 5.80. The Morgan fingerprint density at radius 1 is 1.38 bits per heavy atom. The monoisotopic (exact) mass is 311 g/mol. The van der Waals surface area contributed by atoms with Gasteiger partial charge in [-0.1, -0.05) is 25.5 Å². The van der Waals surface area contributed by atoms with Crippen LogP contribution in [-0.4, -0.2) is 33.1 Å². The second-order valence-corrected chi connectivity index (χ2v) is 8.01. The fourth-order valence-corrected chi connectivity index (χ4v) is 5.24. The molecule has 0 saturated carbocycles. The minimum Gasteiger partial charge on any atom is -0.496 e. The van der Waals surface area contributed by atoms with Crippen molar-refractivity contribution in [2.45, 2.75) is 44.4 Å². The zero-order chi connectivity index (χ0) is 15.5. The van der Waals surface area contributed by atoms with E-state index >= 15 is 0 Å². The van der Waals surface area contributed by atoms with Crippen LogP contribution in [0, 0.1) is 6.92 Å². The van der Waals surface area contributed by atoms with Gasteiger partial charge >= 0.3 is 0 Å². The van der Waals surface area contributed by atoms with Crippen molar-refractivity contribution in [2.75, 3.05) is 19.4 Å². The van der Waals surface area contributed by atoms with Gasteiger partial charge in [0.2, 0.25) is 0 Å². The van der Waals surface area contributed by atoms with Gasteiger partial charge < -0.3 is 10.1 Å². The first kappa shape index (κ1) is 16.3. The molecule has 2 rings (SSSR count). The van der Waals surface area contributed by atoms with Crippen LogP contribution in [0.25, 0.3) is 0 Å². The van der Waals surface area contributed by atoms with E-state index in [1.165, 1.54) is 0 Å². The maximum atomic E-state index is 12.4. The van der Waals surface area contributed by atoms with Crippen LogP contribution in [-0.2, 0) is 9.84 Å². The molecule has 1 heterocycles. The van der Waals surface area contributed by atoms with E-state index < -0.39 is 9.84 Å².